The molecular formula is C17H22N4O2. The maximum absolute atomic E-state index is 12.3. The van der Waals surface area contributed by atoms with Crippen molar-refractivity contribution in [3.8, 4) is 5.75 Å². The number of aromatic nitrogens is 2. The average molecular weight is 314 g/mol. The van der Waals surface area contributed by atoms with Crippen LogP contribution in [0.15, 0.2) is 24.3 Å². The summed E-state index contributed by atoms with van der Waals surface area (Å²) in [4.78, 5) is 12.3. The fourth-order valence-corrected chi connectivity index (χ4v) is 3.14. The number of methoxy groups -OCH3 is 1. The number of amides is 1. The first-order valence-electron chi connectivity index (χ1n) is 7.83. The maximum atomic E-state index is 12.3. The van der Waals surface area contributed by atoms with E-state index in [1.165, 1.54) is 15.8 Å². The van der Waals surface area contributed by atoms with Crippen LogP contribution in [0.5, 0.6) is 5.75 Å². The lowest BCUT2D eigenvalue weighted by atomic mass is 9.87. The number of nitrogens with one attached hydrogen (secondary N) is 1. The molecule has 3 N–H and O–H groups in total. The van der Waals surface area contributed by atoms with Crippen molar-refractivity contribution in [1.29, 1.82) is 0 Å². The summed E-state index contributed by atoms with van der Waals surface area (Å²) in [5.41, 5.74) is 9.07. The number of carbonyl (C=O) groups excluding carboxylic acids is 1. The van der Waals surface area contributed by atoms with Crippen LogP contribution in [0.2, 0.25) is 0 Å². The molecule has 1 atom stereocenters. The quantitative estimate of drug-likeness (QED) is 0.904. The molecule has 0 spiro atoms. The molecule has 1 heterocycles. The molecule has 1 aliphatic carbocycles. The standard InChI is InChI=1S/C17H22N4O2/c1-11-8-16(18)21(20-11)10-17(22)19-15-5-3-4-12-9-13(23-2)6-7-14(12)15/h6-9,15H,3-5,10,18H2,1-2H3,(H,19,22)/t15-/m1/s1. The Morgan fingerprint density at radius 3 is 3.00 bits per heavy atom. The number of anilines is 1. The molecule has 0 bridgehead atoms. The summed E-state index contributed by atoms with van der Waals surface area (Å²) >= 11 is 0. The molecule has 122 valence electrons. The van der Waals surface area contributed by atoms with Crippen molar-refractivity contribution in [2.45, 2.75) is 38.8 Å². The lowest BCUT2D eigenvalue weighted by Gasteiger charge is -2.27. The Hall–Kier alpha value is -2.50. The summed E-state index contributed by atoms with van der Waals surface area (Å²) in [5, 5.41) is 7.33. The van der Waals surface area contributed by atoms with Gasteiger partial charge in [0.2, 0.25) is 5.91 Å². The van der Waals surface area contributed by atoms with E-state index >= 15 is 0 Å². The lowest BCUT2D eigenvalue weighted by Crippen LogP contribution is -2.34. The molecule has 1 amide bonds. The maximum Gasteiger partial charge on any atom is 0.242 e. The van der Waals surface area contributed by atoms with Crippen LogP contribution in [-0.2, 0) is 17.8 Å². The minimum Gasteiger partial charge on any atom is -0.497 e. The normalized spacial score (nSPS) is 16.7. The Morgan fingerprint density at radius 2 is 2.30 bits per heavy atom. The summed E-state index contributed by atoms with van der Waals surface area (Å²) in [6, 6.07) is 7.84. The summed E-state index contributed by atoms with van der Waals surface area (Å²) in [6.07, 6.45) is 3.01. The highest BCUT2D eigenvalue weighted by Crippen LogP contribution is 2.32. The molecule has 0 radical (unpaired) electrons. The van der Waals surface area contributed by atoms with Gasteiger partial charge in [-0.15, -0.1) is 0 Å². The molecule has 0 unspecified atom stereocenters. The fourth-order valence-electron chi connectivity index (χ4n) is 3.14. The third-order valence-corrected chi connectivity index (χ3v) is 4.23. The fraction of sp³-hybridized carbons (Fsp3) is 0.412. The Morgan fingerprint density at radius 1 is 1.48 bits per heavy atom. The zero-order valence-corrected chi connectivity index (χ0v) is 13.5. The predicted molar refractivity (Wildman–Crippen MR) is 88.2 cm³/mol. The van der Waals surface area contributed by atoms with E-state index in [2.05, 4.69) is 16.5 Å². The lowest BCUT2D eigenvalue weighted by molar-refractivity contribution is -0.122. The van der Waals surface area contributed by atoms with Gasteiger partial charge in [-0.2, -0.15) is 5.10 Å². The summed E-state index contributed by atoms with van der Waals surface area (Å²) in [6.45, 7) is 2.00. The molecule has 1 aliphatic rings. The molecule has 3 rings (SSSR count). The van der Waals surface area contributed by atoms with Gasteiger partial charge in [-0.3, -0.25) is 4.79 Å². The number of nitrogens with zero attached hydrogens (tertiary/aromatic N) is 2. The Labute approximate surface area is 135 Å². The number of benzene rings is 1. The predicted octanol–water partition coefficient (Wildman–Crippen LogP) is 1.98. The highest BCUT2D eigenvalue weighted by Gasteiger charge is 2.22. The number of ether oxygens (including phenoxy) is 1. The van der Waals surface area contributed by atoms with Gasteiger partial charge in [0.15, 0.2) is 0 Å². The zero-order chi connectivity index (χ0) is 16.4. The second-order valence-electron chi connectivity index (χ2n) is 5.95. The first-order chi connectivity index (χ1) is 11.1. The van der Waals surface area contributed by atoms with Crippen molar-refractivity contribution in [3.05, 3.63) is 41.1 Å². The second-order valence-corrected chi connectivity index (χ2v) is 5.95. The van der Waals surface area contributed by atoms with Gasteiger partial charge in [0.05, 0.1) is 18.8 Å². The summed E-state index contributed by atoms with van der Waals surface area (Å²) in [5.74, 6) is 1.29. The molecule has 6 heteroatoms. The van der Waals surface area contributed by atoms with Crippen LogP contribution in [0.4, 0.5) is 5.82 Å². The molecule has 0 fully saturated rings. The third-order valence-electron chi connectivity index (χ3n) is 4.23. The van der Waals surface area contributed by atoms with E-state index in [0.717, 1.165) is 30.7 Å². The number of nitrogen functional groups attached to an aromatic ring is 1. The monoisotopic (exact) mass is 314 g/mol. The smallest absolute Gasteiger partial charge is 0.242 e. The van der Waals surface area contributed by atoms with Crippen molar-refractivity contribution in [3.63, 3.8) is 0 Å². The van der Waals surface area contributed by atoms with Gasteiger partial charge in [0.1, 0.15) is 18.1 Å². The van der Waals surface area contributed by atoms with E-state index in [1.54, 1.807) is 13.2 Å². The van der Waals surface area contributed by atoms with Crippen LogP contribution in [0.1, 0.15) is 35.7 Å². The number of carbonyl (C=O) groups is 1. The zero-order valence-electron chi connectivity index (χ0n) is 13.5. The van der Waals surface area contributed by atoms with Crippen molar-refractivity contribution in [1.82, 2.24) is 15.1 Å². The molecule has 23 heavy (non-hydrogen) atoms. The van der Waals surface area contributed by atoms with Gasteiger partial charge in [0.25, 0.3) is 0 Å². The number of hydrogen-bond donors (Lipinski definition) is 2. The number of aryl methyl sites for hydroxylation is 2. The van der Waals surface area contributed by atoms with Crippen molar-refractivity contribution in [2.24, 2.45) is 0 Å². The molecule has 2 aromatic rings. The number of rotatable bonds is 4. The van der Waals surface area contributed by atoms with E-state index < -0.39 is 0 Å². The second kappa shape index (κ2) is 6.32. The number of fused-ring (bicyclic) bond motifs is 1. The molecule has 0 aliphatic heterocycles. The minimum absolute atomic E-state index is 0.0371. The van der Waals surface area contributed by atoms with E-state index in [4.69, 9.17) is 10.5 Å². The van der Waals surface area contributed by atoms with E-state index in [-0.39, 0.29) is 18.5 Å². The molecule has 1 aromatic carbocycles. The number of hydrogen-bond acceptors (Lipinski definition) is 4. The largest absolute Gasteiger partial charge is 0.497 e. The van der Waals surface area contributed by atoms with Crippen LogP contribution >= 0.6 is 0 Å². The van der Waals surface area contributed by atoms with E-state index in [9.17, 15) is 4.79 Å². The van der Waals surface area contributed by atoms with Crippen LogP contribution in [-0.4, -0.2) is 22.8 Å². The van der Waals surface area contributed by atoms with Crippen molar-refractivity contribution < 1.29 is 9.53 Å². The molecule has 1 aromatic heterocycles. The van der Waals surface area contributed by atoms with Crippen LogP contribution < -0.4 is 15.8 Å². The van der Waals surface area contributed by atoms with Gasteiger partial charge in [-0.05, 0) is 49.4 Å². The van der Waals surface area contributed by atoms with Gasteiger partial charge < -0.3 is 15.8 Å². The molecular weight excluding hydrogens is 292 g/mol. The Balaban J connectivity index is 1.71. The number of nitrogens with two attached hydrogens (primary N) is 1. The summed E-state index contributed by atoms with van der Waals surface area (Å²) in [7, 11) is 1.67. The van der Waals surface area contributed by atoms with Gasteiger partial charge in [0, 0.05) is 6.07 Å². The van der Waals surface area contributed by atoms with Crippen molar-refractivity contribution >= 4 is 11.7 Å². The Bertz CT molecular complexity index is 723. The van der Waals surface area contributed by atoms with E-state index in [0.29, 0.717) is 5.82 Å². The molecule has 0 saturated carbocycles. The van der Waals surface area contributed by atoms with Crippen LogP contribution in [0.25, 0.3) is 0 Å². The Kier molecular flexibility index (Phi) is 4.23. The summed E-state index contributed by atoms with van der Waals surface area (Å²) < 4.78 is 6.81. The van der Waals surface area contributed by atoms with E-state index in [1.807, 2.05) is 19.1 Å². The van der Waals surface area contributed by atoms with Gasteiger partial charge >= 0.3 is 0 Å². The molecule has 0 saturated heterocycles. The minimum atomic E-state index is -0.0755. The first kappa shape index (κ1) is 15.4. The highest BCUT2D eigenvalue weighted by atomic mass is 16.5. The van der Waals surface area contributed by atoms with Crippen LogP contribution in [0.3, 0.4) is 0 Å². The highest BCUT2D eigenvalue weighted by molar-refractivity contribution is 5.76. The van der Waals surface area contributed by atoms with Crippen molar-refractivity contribution in [2.75, 3.05) is 12.8 Å². The topological polar surface area (TPSA) is 82.2 Å². The van der Waals surface area contributed by atoms with Gasteiger partial charge in [-0.1, -0.05) is 6.07 Å². The first-order valence-corrected chi connectivity index (χ1v) is 7.83. The molecule has 6 nitrogen and oxygen atoms in total. The average Bonchev–Trinajstić information content (AvgIpc) is 2.84. The van der Waals surface area contributed by atoms with Crippen LogP contribution in [0, 0.1) is 6.92 Å². The SMILES string of the molecule is COc1ccc2c(c1)CCC[C@H]2NC(=O)Cn1nc(C)cc1N. The third kappa shape index (κ3) is 3.31. The van der Waals surface area contributed by atoms with Gasteiger partial charge in [-0.25, -0.2) is 4.68 Å².